The zero-order valence-electron chi connectivity index (χ0n) is 18.1. The van der Waals surface area contributed by atoms with Gasteiger partial charge in [0.15, 0.2) is 0 Å². The number of sulfonamides is 1. The quantitative estimate of drug-likeness (QED) is 0.421. The number of aromatic nitrogens is 1. The van der Waals surface area contributed by atoms with E-state index in [-0.39, 0.29) is 0 Å². The summed E-state index contributed by atoms with van der Waals surface area (Å²) >= 11 is 5.12. The van der Waals surface area contributed by atoms with Gasteiger partial charge in [0.25, 0.3) is 0 Å². The molecule has 32 heavy (non-hydrogen) atoms. The van der Waals surface area contributed by atoms with E-state index in [2.05, 4.69) is 35.9 Å². The van der Waals surface area contributed by atoms with Crippen molar-refractivity contribution in [1.82, 2.24) is 9.71 Å². The Hall–Kier alpha value is -1.19. The van der Waals surface area contributed by atoms with Crippen LogP contribution in [-0.4, -0.2) is 25.7 Å². The number of nitrogens with zero attached hydrogens (tertiary/aromatic N) is 1. The van der Waals surface area contributed by atoms with E-state index in [4.69, 9.17) is 4.98 Å². The van der Waals surface area contributed by atoms with Crippen LogP contribution in [0.4, 0.5) is 0 Å². The zero-order valence-corrected chi connectivity index (χ0v) is 21.4. The first-order valence-corrected chi connectivity index (χ1v) is 15.4. The molecule has 1 saturated carbocycles. The minimum Gasteiger partial charge on any atom is -0.241 e. The van der Waals surface area contributed by atoms with Gasteiger partial charge in [0.2, 0.25) is 10.0 Å². The summed E-state index contributed by atoms with van der Waals surface area (Å²) in [6.07, 6.45) is 5.53. The first kappa shape index (κ1) is 22.6. The van der Waals surface area contributed by atoms with Gasteiger partial charge in [0.05, 0.1) is 10.7 Å². The molecule has 2 aromatic heterocycles. The van der Waals surface area contributed by atoms with Crippen molar-refractivity contribution in [2.75, 3.05) is 12.3 Å². The molecule has 1 N–H and O–H groups in total. The average Bonchev–Trinajstić information content (AvgIpc) is 3.47. The lowest BCUT2D eigenvalue weighted by atomic mass is 9.76. The van der Waals surface area contributed by atoms with Crippen molar-refractivity contribution >= 4 is 44.5 Å². The Kier molecular flexibility index (Phi) is 6.77. The highest BCUT2D eigenvalue weighted by Crippen LogP contribution is 2.44. The molecule has 1 atom stereocenters. The Morgan fingerprint density at radius 3 is 2.72 bits per heavy atom. The maximum absolute atomic E-state index is 12.4. The standard InChI is InChI=1S/C24H28N2O2S4/c1-16(24-26-23-19-5-2-3-6-20(19)29-14-12-21(23)31-24)18-10-8-17(9-11-18)15-25-32(27,28)22-7-4-13-30-22/h2-7,13,16-18,25H,8-12,14-15H2,1H3/t16-,17?,18?/m0/s1. The maximum atomic E-state index is 12.4. The van der Waals surface area contributed by atoms with E-state index in [0.717, 1.165) is 37.9 Å². The highest BCUT2D eigenvalue weighted by atomic mass is 32.2. The molecule has 0 saturated heterocycles. The van der Waals surface area contributed by atoms with Crippen molar-refractivity contribution in [1.29, 1.82) is 0 Å². The van der Waals surface area contributed by atoms with Crippen LogP contribution in [0, 0.1) is 11.8 Å². The van der Waals surface area contributed by atoms with Crippen molar-refractivity contribution < 1.29 is 8.42 Å². The summed E-state index contributed by atoms with van der Waals surface area (Å²) in [5, 5.41) is 3.08. The number of thioether (sulfide) groups is 1. The van der Waals surface area contributed by atoms with Crippen LogP contribution in [0.5, 0.6) is 0 Å². The molecule has 0 unspecified atom stereocenters. The lowest BCUT2D eigenvalue weighted by Crippen LogP contribution is -2.31. The van der Waals surface area contributed by atoms with Crippen molar-refractivity contribution in [3.63, 3.8) is 0 Å². The molecule has 0 bridgehead atoms. The molecule has 1 aliphatic heterocycles. The number of nitrogens with one attached hydrogen (secondary N) is 1. The van der Waals surface area contributed by atoms with Gasteiger partial charge in [-0.05, 0) is 61.5 Å². The number of fused-ring (bicyclic) bond motifs is 3. The molecule has 3 heterocycles. The third kappa shape index (κ3) is 4.71. The molecular weight excluding hydrogens is 477 g/mol. The van der Waals surface area contributed by atoms with Crippen molar-refractivity contribution in [2.24, 2.45) is 11.8 Å². The second-order valence-electron chi connectivity index (χ2n) is 8.77. The van der Waals surface area contributed by atoms with Crippen LogP contribution in [0.3, 0.4) is 0 Å². The minimum atomic E-state index is -3.36. The Bertz CT molecular complexity index is 1160. The molecule has 1 fully saturated rings. The van der Waals surface area contributed by atoms with Crippen LogP contribution in [-0.2, 0) is 16.4 Å². The number of hydrogen-bond donors (Lipinski definition) is 1. The smallest absolute Gasteiger partial charge is 0.241 e. The van der Waals surface area contributed by atoms with Gasteiger partial charge in [-0.25, -0.2) is 18.1 Å². The Morgan fingerprint density at radius 1 is 1.12 bits per heavy atom. The largest absolute Gasteiger partial charge is 0.250 e. The fourth-order valence-electron chi connectivity index (χ4n) is 4.80. The van der Waals surface area contributed by atoms with Gasteiger partial charge in [-0.1, -0.05) is 31.2 Å². The molecule has 0 radical (unpaired) electrons. The van der Waals surface area contributed by atoms with Crippen molar-refractivity contribution in [3.8, 4) is 11.3 Å². The summed E-state index contributed by atoms with van der Waals surface area (Å²) in [6, 6.07) is 12.1. The van der Waals surface area contributed by atoms with Crippen LogP contribution >= 0.6 is 34.4 Å². The first-order valence-electron chi connectivity index (χ1n) is 11.3. The van der Waals surface area contributed by atoms with E-state index >= 15 is 0 Å². The van der Waals surface area contributed by atoms with Crippen molar-refractivity contribution in [3.05, 3.63) is 51.7 Å². The lowest BCUT2D eigenvalue weighted by Gasteiger charge is -2.31. The summed E-state index contributed by atoms with van der Waals surface area (Å²) in [5.41, 5.74) is 2.50. The molecule has 4 nitrogen and oxygen atoms in total. The van der Waals surface area contributed by atoms with Gasteiger partial charge in [0, 0.05) is 33.6 Å². The topological polar surface area (TPSA) is 59.1 Å². The number of hydrogen-bond acceptors (Lipinski definition) is 6. The summed E-state index contributed by atoms with van der Waals surface area (Å²) < 4.78 is 28.0. The summed E-state index contributed by atoms with van der Waals surface area (Å²) in [4.78, 5) is 7.94. The number of benzene rings is 1. The summed E-state index contributed by atoms with van der Waals surface area (Å²) in [5.74, 6) is 2.62. The number of thiophene rings is 1. The van der Waals surface area contributed by atoms with E-state index < -0.39 is 10.0 Å². The van der Waals surface area contributed by atoms with Crippen LogP contribution in [0.1, 0.15) is 48.4 Å². The van der Waals surface area contributed by atoms with E-state index in [0.29, 0.717) is 28.5 Å². The molecule has 5 rings (SSSR count). The molecule has 2 aliphatic rings. The van der Waals surface area contributed by atoms with E-state index in [1.807, 2.05) is 23.1 Å². The molecule has 0 spiro atoms. The van der Waals surface area contributed by atoms with Crippen LogP contribution in [0.2, 0.25) is 0 Å². The predicted octanol–water partition coefficient (Wildman–Crippen LogP) is 6.41. The molecule has 1 aliphatic carbocycles. The molecule has 8 heteroatoms. The highest BCUT2D eigenvalue weighted by Gasteiger charge is 2.30. The third-order valence-corrected chi connectivity index (χ3v) is 12.0. The van der Waals surface area contributed by atoms with E-state index in [9.17, 15) is 8.42 Å². The lowest BCUT2D eigenvalue weighted by molar-refractivity contribution is 0.249. The van der Waals surface area contributed by atoms with E-state index in [1.165, 1.54) is 37.4 Å². The normalized spacial score (nSPS) is 22.0. The number of aryl methyl sites for hydroxylation is 1. The number of thiazole rings is 1. The number of rotatable bonds is 6. The van der Waals surface area contributed by atoms with Gasteiger partial charge in [-0.2, -0.15) is 0 Å². The Morgan fingerprint density at radius 2 is 1.94 bits per heavy atom. The SMILES string of the molecule is C[C@H](c1nc2c(s1)CCSc1ccccc1-2)C1CCC(CNS(=O)(=O)c2cccs2)CC1. The molecular formula is C24H28N2O2S4. The Labute approximate surface area is 202 Å². The zero-order chi connectivity index (χ0) is 22.1. The fraction of sp³-hybridized carbons (Fsp3) is 0.458. The van der Waals surface area contributed by atoms with Gasteiger partial charge in [0.1, 0.15) is 4.21 Å². The first-order chi connectivity index (χ1) is 15.5. The highest BCUT2D eigenvalue weighted by molar-refractivity contribution is 7.99. The monoisotopic (exact) mass is 504 g/mol. The average molecular weight is 505 g/mol. The van der Waals surface area contributed by atoms with E-state index in [1.54, 1.807) is 17.5 Å². The van der Waals surface area contributed by atoms with Crippen molar-refractivity contribution in [2.45, 2.75) is 54.1 Å². The fourth-order valence-corrected chi connectivity index (χ4v) is 9.32. The summed E-state index contributed by atoms with van der Waals surface area (Å²) in [6.45, 7) is 2.88. The molecule has 3 aromatic rings. The second kappa shape index (κ2) is 9.58. The summed E-state index contributed by atoms with van der Waals surface area (Å²) in [7, 11) is -3.36. The van der Waals surface area contributed by atoms with Gasteiger partial charge < -0.3 is 0 Å². The maximum Gasteiger partial charge on any atom is 0.250 e. The van der Waals surface area contributed by atoms with Gasteiger partial charge >= 0.3 is 0 Å². The van der Waals surface area contributed by atoms with Crippen LogP contribution in [0.25, 0.3) is 11.3 Å². The van der Waals surface area contributed by atoms with Crippen LogP contribution < -0.4 is 4.72 Å². The molecule has 170 valence electrons. The second-order valence-corrected chi connectivity index (χ2v) is 14.0. The van der Waals surface area contributed by atoms with Gasteiger partial charge in [-0.3, -0.25) is 0 Å². The minimum absolute atomic E-state index is 0.406. The predicted molar refractivity (Wildman–Crippen MR) is 135 cm³/mol. The Balaban J connectivity index is 1.21. The molecule has 1 aromatic carbocycles. The van der Waals surface area contributed by atoms with Crippen LogP contribution in [0.15, 0.2) is 50.9 Å². The third-order valence-electron chi connectivity index (χ3n) is 6.75. The van der Waals surface area contributed by atoms with Gasteiger partial charge in [-0.15, -0.1) is 34.4 Å². The molecule has 0 amide bonds.